The van der Waals surface area contributed by atoms with Crippen LogP contribution in [0.2, 0.25) is 0 Å². The van der Waals surface area contributed by atoms with Gasteiger partial charge in [-0.1, -0.05) is 28.9 Å². The largest absolute Gasteiger partial charge is 0.494 e. The van der Waals surface area contributed by atoms with Crippen LogP contribution >= 0.6 is 11.3 Å². The number of ether oxygens (including phenoxy) is 1. The third-order valence-electron chi connectivity index (χ3n) is 4.40. The lowest BCUT2D eigenvalue weighted by molar-refractivity contribution is 0.340. The number of aryl methyl sites for hydroxylation is 2. The van der Waals surface area contributed by atoms with Crippen molar-refractivity contribution in [1.29, 1.82) is 0 Å². The maximum atomic E-state index is 5.46. The van der Waals surface area contributed by atoms with E-state index >= 15 is 0 Å². The molecule has 0 bridgehead atoms. The highest BCUT2D eigenvalue weighted by Crippen LogP contribution is 2.27. The molecule has 0 amide bonds. The van der Waals surface area contributed by atoms with Gasteiger partial charge in [0.15, 0.2) is 0 Å². The van der Waals surface area contributed by atoms with Crippen molar-refractivity contribution >= 4 is 11.3 Å². The van der Waals surface area contributed by atoms with Gasteiger partial charge in [-0.25, -0.2) is 4.98 Å². The summed E-state index contributed by atoms with van der Waals surface area (Å²) < 4.78 is 10.9. The molecular formula is C22H21N3O2S. The van der Waals surface area contributed by atoms with E-state index < -0.39 is 0 Å². The summed E-state index contributed by atoms with van der Waals surface area (Å²) in [5.41, 5.74) is 5.53. The molecule has 0 aliphatic rings. The Morgan fingerprint density at radius 1 is 1.04 bits per heavy atom. The first-order chi connectivity index (χ1) is 13.6. The van der Waals surface area contributed by atoms with E-state index in [0.717, 1.165) is 27.6 Å². The predicted molar refractivity (Wildman–Crippen MR) is 111 cm³/mol. The molecule has 4 rings (SSSR count). The SMILES string of the molecule is CCOc1ccc(-c2noc(Cc3nc(-c4ccc(C)cc4C)cs3)n2)cc1. The zero-order valence-electron chi connectivity index (χ0n) is 16.1. The number of thiazole rings is 1. The van der Waals surface area contributed by atoms with Crippen LogP contribution in [0.5, 0.6) is 5.75 Å². The molecule has 2 aromatic carbocycles. The predicted octanol–water partition coefficient (Wildman–Crippen LogP) is 5.47. The van der Waals surface area contributed by atoms with E-state index in [1.807, 2.05) is 31.2 Å². The quantitative estimate of drug-likeness (QED) is 0.436. The van der Waals surface area contributed by atoms with Crippen molar-refractivity contribution in [3.8, 4) is 28.4 Å². The Kier molecular flexibility index (Phi) is 5.21. The monoisotopic (exact) mass is 391 g/mol. The van der Waals surface area contributed by atoms with E-state index in [1.165, 1.54) is 11.1 Å². The zero-order chi connectivity index (χ0) is 19.5. The van der Waals surface area contributed by atoms with E-state index in [2.05, 4.69) is 47.6 Å². The standard InChI is InChI=1S/C22H21N3O2S/c1-4-26-17-8-6-16(7-9-17)22-24-20(27-25-22)12-21-23-19(13-28-21)18-10-5-14(2)11-15(18)3/h5-11,13H,4,12H2,1-3H3. The molecule has 28 heavy (non-hydrogen) atoms. The minimum atomic E-state index is 0.527. The third-order valence-corrected chi connectivity index (χ3v) is 5.25. The number of hydrogen-bond acceptors (Lipinski definition) is 6. The molecule has 0 N–H and O–H groups in total. The van der Waals surface area contributed by atoms with Crippen LogP contribution in [0, 0.1) is 13.8 Å². The lowest BCUT2D eigenvalue weighted by Crippen LogP contribution is -1.91. The van der Waals surface area contributed by atoms with Crippen molar-refractivity contribution in [2.45, 2.75) is 27.2 Å². The summed E-state index contributed by atoms with van der Waals surface area (Å²) in [6.45, 7) is 6.82. The van der Waals surface area contributed by atoms with Crippen LogP contribution in [0.3, 0.4) is 0 Å². The van der Waals surface area contributed by atoms with Crippen molar-refractivity contribution < 1.29 is 9.26 Å². The van der Waals surface area contributed by atoms with Crippen LogP contribution < -0.4 is 4.74 Å². The minimum absolute atomic E-state index is 0.527. The Morgan fingerprint density at radius 3 is 2.61 bits per heavy atom. The van der Waals surface area contributed by atoms with Gasteiger partial charge in [0.25, 0.3) is 0 Å². The summed E-state index contributed by atoms with van der Waals surface area (Å²) in [5, 5.41) is 7.13. The molecule has 0 atom stereocenters. The second-order valence-corrected chi connectivity index (χ2v) is 7.53. The van der Waals surface area contributed by atoms with E-state index in [-0.39, 0.29) is 0 Å². The second-order valence-electron chi connectivity index (χ2n) is 6.59. The van der Waals surface area contributed by atoms with Gasteiger partial charge < -0.3 is 9.26 Å². The second kappa shape index (κ2) is 7.94. The highest BCUT2D eigenvalue weighted by atomic mass is 32.1. The molecule has 2 aromatic heterocycles. The van der Waals surface area contributed by atoms with Gasteiger partial charge >= 0.3 is 0 Å². The molecule has 0 radical (unpaired) electrons. The Hall–Kier alpha value is -2.99. The average molecular weight is 391 g/mol. The molecule has 0 fully saturated rings. The van der Waals surface area contributed by atoms with Crippen LogP contribution in [-0.2, 0) is 6.42 Å². The maximum Gasteiger partial charge on any atom is 0.233 e. The van der Waals surface area contributed by atoms with Gasteiger partial charge in [0.2, 0.25) is 11.7 Å². The summed E-state index contributed by atoms with van der Waals surface area (Å²) in [7, 11) is 0. The molecular weight excluding hydrogens is 370 g/mol. The molecule has 0 unspecified atom stereocenters. The number of nitrogens with zero attached hydrogens (tertiary/aromatic N) is 3. The molecule has 0 saturated carbocycles. The molecule has 0 aliphatic heterocycles. The van der Waals surface area contributed by atoms with Gasteiger partial charge in [-0.3, -0.25) is 0 Å². The normalized spacial score (nSPS) is 11.0. The van der Waals surface area contributed by atoms with E-state index in [0.29, 0.717) is 24.7 Å². The van der Waals surface area contributed by atoms with Gasteiger partial charge in [0, 0.05) is 16.5 Å². The van der Waals surface area contributed by atoms with E-state index in [9.17, 15) is 0 Å². The molecule has 0 saturated heterocycles. The fraction of sp³-hybridized carbons (Fsp3) is 0.227. The number of aromatic nitrogens is 3. The average Bonchev–Trinajstić information content (AvgIpc) is 3.33. The maximum absolute atomic E-state index is 5.46. The van der Waals surface area contributed by atoms with Crippen LogP contribution in [0.1, 0.15) is 28.9 Å². The molecule has 0 spiro atoms. The molecule has 0 aliphatic carbocycles. The van der Waals surface area contributed by atoms with Crippen molar-refractivity contribution in [3.05, 3.63) is 69.9 Å². The summed E-state index contributed by atoms with van der Waals surface area (Å²) in [6.07, 6.45) is 0.527. The first-order valence-corrected chi connectivity index (χ1v) is 10.1. The van der Waals surface area contributed by atoms with Crippen molar-refractivity contribution in [2.24, 2.45) is 0 Å². The van der Waals surface area contributed by atoms with Gasteiger partial charge in [0.1, 0.15) is 10.8 Å². The van der Waals surface area contributed by atoms with E-state index in [1.54, 1.807) is 11.3 Å². The molecule has 2 heterocycles. The smallest absolute Gasteiger partial charge is 0.233 e. The van der Waals surface area contributed by atoms with Crippen LogP contribution in [0.4, 0.5) is 0 Å². The van der Waals surface area contributed by atoms with Gasteiger partial charge in [-0.2, -0.15) is 4.98 Å². The molecule has 5 nitrogen and oxygen atoms in total. The summed E-state index contributed by atoms with van der Waals surface area (Å²) in [6, 6.07) is 14.1. The minimum Gasteiger partial charge on any atom is -0.494 e. The summed E-state index contributed by atoms with van der Waals surface area (Å²) in [4.78, 5) is 9.27. The summed E-state index contributed by atoms with van der Waals surface area (Å²) in [5.74, 6) is 1.96. The lowest BCUT2D eigenvalue weighted by Gasteiger charge is -2.03. The number of hydrogen-bond donors (Lipinski definition) is 0. The molecule has 142 valence electrons. The zero-order valence-corrected chi connectivity index (χ0v) is 16.9. The number of benzene rings is 2. The Labute approximate surface area is 168 Å². The fourth-order valence-electron chi connectivity index (χ4n) is 3.06. The van der Waals surface area contributed by atoms with Gasteiger partial charge in [0.05, 0.1) is 18.7 Å². The summed E-state index contributed by atoms with van der Waals surface area (Å²) >= 11 is 1.61. The molecule has 6 heteroatoms. The van der Waals surface area contributed by atoms with Crippen LogP contribution in [0.25, 0.3) is 22.6 Å². The highest BCUT2D eigenvalue weighted by molar-refractivity contribution is 7.10. The topological polar surface area (TPSA) is 61.0 Å². The van der Waals surface area contributed by atoms with E-state index in [4.69, 9.17) is 14.2 Å². The Balaban J connectivity index is 1.49. The fourth-order valence-corrected chi connectivity index (χ4v) is 3.84. The first kappa shape index (κ1) is 18.4. The van der Waals surface area contributed by atoms with Crippen LogP contribution in [0.15, 0.2) is 52.4 Å². The lowest BCUT2D eigenvalue weighted by atomic mass is 10.0. The van der Waals surface area contributed by atoms with Crippen LogP contribution in [-0.4, -0.2) is 21.7 Å². The highest BCUT2D eigenvalue weighted by Gasteiger charge is 2.13. The van der Waals surface area contributed by atoms with Crippen molar-refractivity contribution in [1.82, 2.24) is 15.1 Å². The third kappa shape index (κ3) is 3.97. The van der Waals surface area contributed by atoms with Crippen molar-refractivity contribution in [2.75, 3.05) is 6.61 Å². The van der Waals surface area contributed by atoms with Crippen molar-refractivity contribution in [3.63, 3.8) is 0 Å². The Morgan fingerprint density at radius 2 is 1.86 bits per heavy atom. The first-order valence-electron chi connectivity index (χ1n) is 9.20. The van der Waals surface area contributed by atoms with Gasteiger partial charge in [-0.05, 0) is 50.6 Å². The number of rotatable bonds is 6. The molecule has 4 aromatic rings. The van der Waals surface area contributed by atoms with Gasteiger partial charge in [-0.15, -0.1) is 11.3 Å². The Bertz CT molecular complexity index is 1080.